The van der Waals surface area contributed by atoms with Crippen molar-refractivity contribution in [1.29, 1.82) is 0 Å². The average Bonchev–Trinajstić information content (AvgIpc) is 2.72. The lowest BCUT2D eigenvalue weighted by atomic mass is 10.1. The first kappa shape index (κ1) is 19.9. The van der Waals surface area contributed by atoms with Crippen LogP contribution in [0.3, 0.4) is 0 Å². The smallest absolute Gasteiger partial charge is 0.435 e. The number of piperazine rings is 1. The number of hydrogen-bond acceptors (Lipinski definition) is 5. The first-order chi connectivity index (χ1) is 13.4. The molecule has 0 unspecified atom stereocenters. The fourth-order valence-electron chi connectivity index (χ4n) is 3.03. The molecule has 1 aromatic carbocycles. The second kappa shape index (κ2) is 8.45. The van der Waals surface area contributed by atoms with E-state index in [1.54, 1.807) is 12.0 Å². The highest BCUT2D eigenvalue weighted by Crippen LogP contribution is 2.27. The predicted octanol–water partition coefficient (Wildman–Crippen LogP) is 2.79. The third kappa shape index (κ3) is 4.90. The minimum atomic E-state index is -4.50. The lowest BCUT2D eigenvalue weighted by Crippen LogP contribution is -2.49. The predicted molar refractivity (Wildman–Crippen MR) is 97.1 cm³/mol. The van der Waals surface area contributed by atoms with E-state index in [1.165, 1.54) is 6.07 Å². The van der Waals surface area contributed by atoms with Gasteiger partial charge in [0, 0.05) is 32.6 Å². The van der Waals surface area contributed by atoms with Crippen molar-refractivity contribution in [3.8, 4) is 5.75 Å². The number of aryl methyl sites for hydroxylation is 1. The minimum Gasteiger partial charge on any atom is -0.497 e. The Balaban J connectivity index is 1.48. The molecular formula is C19H21F3N4O2. The molecule has 150 valence electrons. The summed E-state index contributed by atoms with van der Waals surface area (Å²) in [5.74, 6) is 1.23. The number of ether oxygens (including phenoxy) is 1. The highest BCUT2D eigenvalue weighted by atomic mass is 19.4. The van der Waals surface area contributed by atoms with Gasteiger partial charge in [0.2, 0.25) is 5.91 Å². The fraction of sp³-hybridized carbons (Fsp3) is 0.421. The standard InChI is InChI=1S/C19H21F3N4O2/c1-28-15-5-2-14(3-6-15)4-9-18(27)26-12-10-25(11-13-26)17-8-7-16(23-24-17)19(20,21)22/h2-3,5-8H,4,9-13H2,1H3. The highest BCUT2D eigenvalue weighted by Gasteiger charge is 2.33. The Hall–Kier alpha value is -2.84. The fourth-order valence-corrected chi connectivity index (χ4v) is 3.03. The monoisotopic (exact) mass is 394 g/mol. The van der Waals surface area contributed by atoms with Crippen molar-refractivity contribution < 1.29 is 22.7 Å². The van der Waals surface area contributed by atoms with Crippen LogP contribution in [0, 0.1) is 0 Å². The largest absolute Gasteiger partial charge is 0.497 e. The van der Waals surface area contributed by atoms with Crippen molar-refractivity contribution in [2.24, 2.45) is 0 Å². The molecule has 0 saturated carbocycles. The molecule has 0 spiro atoms. The number of hydrogen-bond donors (Lipinski definition) is 0. The van der Waals surface area contributed by atoms with Crippen molar-refractivity contribution >= 4 is 11.7 Å². The molecule has 1 aliphatic rings. The number of benzene rings is 1. The zero-order chi connectivity index (χ0) is 20.1. The first-order valence-electron chi connectivity index (χ1n) is 8.93. The quantitative estimate of drug-likeness (QED) is 0.781. The van der Waals surface area contributed by atoms with Gasteiger partial charge in [-0.2, -0.15) is 13.2 Å². The molecule has 0 aliphatic carbocycles. The van der Waals surface area contributed by atoms with Crippen molar-refractivity contribution in [2.75, 3.05) is 38.2 Å². The molecule has 1 fully saturated rings. The number of alkyl halides is 3. The van der Waals surface area contributed by atoms with Gasteiger partial charge in [0.05, 0.1) is 7.11 Å². The van der Waals surface area contributed by atoms with Crippen LogP contribution >= 0.6 is 0 Å². The molecule has 28 heavy (non-hydrogen) atoms. The number of halogens is 3. The maximum Gasteiger partial charge on any atom is 0.435 e. The van der Waals surface area contributed by atoms with Crippen LogP contribution in [-0.4, -0.2) is 54.3 Å². The molecule has 1 saturated heterocycles. The van der Waals surface area contributed by atoms with E-state index in [9.17, 15) is 18.0 Å². The topological polar surface area (TPSA) is 58.6 Å². The molecule has 3 rings (SSSR count). The maximum atomic E-state index is 12.6. The van der Waals surface area contributed by atoms with E-state index >= 15 is 0 Å². The summed E-state index contributed by atoms with van der Waals surface area (Å²) < 4.78 is 42.8. The molecule has 1 amide bonds. The highest BCUT2D eigenvalue weighted by molar-refractivity contribution is 5.76. The number of amides is 1. The van der Waals surface area contributed by atoms with Gasteiger partial charge in [-0.1, -0.05) is 12.1 Å². The van der Waals surface area contributed by atoms with E-state index in [2.05, 4.69) is 10.2 Å². The zero-order valence-corrected chi connectivity index (χ0v) is 15.4. The van der Waals surface area contributed by atoms with Gasteiger partial charge >= 0.3 is 6.18 Å². The summed E-state index contributed by atoms with van der Waals surface area (Å²) in [6, 6.07) is 9.85. The second-order valence-electron chi connectivity index (χ2n) is 6.49. The van der Waals surface area contributed by atoms with E-state index in [0.29, 0.717) is 44.8 Å². The summed E-state index contributed by atoms with van der Waals surface area (Å²) in [6.45, 7) is 2.02. The molecule has 2 aromatic rings. The summed E-state index contributed by atoms with van der Waals surface area (Å²) in [6.07, 6.45) is -3.44. The Labute approximate surface area is 160 Å². The van der Waals surface area contributed by atoms with Gasteiger partial charge in [0.1, 0.15) is 5.75 Å². The van der Waals surface area contributed by atoms with Crippen molar-refractivity contribution in [3.63, 3.8) is 0 Å². The summed E-state index contributed by atoms with van der Waals surface area (Å²) in [4.78, 5) is 16.0. The SMILES string of the molecule is COc1ccc(CCC(=O)N2CCN(c3ccc(C(F)(F)F)nn3)CC2)cc1. The summed E-state index contributed by atoms with van der Waals surface area (Å²) in [5.41, 5.74) is 0.0522. The van der Waals surface area contributed by atoms with Crippen LogP contribution in [0.5, 0.6) is 5.75 Å². The molecule has 0 N–H and O–H groups in total. The number of rotatable bonds is 5. The second-order valence-corrected chi connectivity index (χ2v) is 6.49. The Morgan fingerprint density at radius 1 is 1.04 bits per heavy atom. The molecule has 1 aromatic heterocycles. The zero-order valence-electron chi connectivity index (χ0n) is 15.4. The van der Waals surface area contributed by atoms with E-state index in [-0.39, 0.29) is 5.91 Å². The normalized spacial score (nSPS) is 14.9. The van der Waals surface area contributed by atoms with Crippen LogP contribution in [0.25, 0.3) is 0 Å². The molecule has 2 heterocycles. The van der Waals surface area contributed by atoms with Gasteiger partial charge in [0.25, 0.3) is 0 Å². The van der Waals surface area contributed by atoms with Gasteiger partial charge in [0.15, 0.2) is 11.5 Å². The Kier molecular flexibility index (Phi) is 6.01. The number of methoxy groups -OCH3 is 1. The lowest BCUT2D eigenvalue weighted by Gasteiger charge is -2.35. The maximum absolute atomic E-state index is 12.6. The van der Waals surface area contributed by atoms with Gasteiger partial charge in [-0.15, -0.1) is 10.2 Å². The molecule has 0 radical (unpaired) electrons. The molecule has 0 atom stereocenters. The number of aromatic nitrogens is 2. The van der Waals surface area contributed by atoms with Crippen LogP contribution in [0.1, 0.15) is 17.7 Å². The van der Waals surface area contributed by atoms with Gasteiger partial charge in [-0.3, -0.25) is 4.79 Å². The minimum absolute atomic E-state index is 0.0639. The van der Waals surface area contributed by atoms with E-state index in [0.717, 1.165) is 17.4 Å². The van der Waals surface area contributed by atoms with E-state index in [4.69, 9.17) is 4.74 Å². The summed E-state index contributed by atoms with van der Waals surface area (Å²) in [7, 11) is 1.61. The summed E-state index contributed by atoms with van der Waals surface area (Å²) >= 11 is 0. The van der Waals surface area contributed by atoms with Crippen LogP contribution in [0.4, 0.5) is 19.0 Å². The van der Waals surface area contributed by atoms with Crippen molar-refractivity contribution in [3.05, 3.63) is 47.7 Å². The van der Waals surface area contributed by atoms with Crippen LogP contribution in [0.2, 0.25) is 0 Å². The van der Waals surface area contributed by atoms with Crippen molar-refractivity contribution in [1.82, 2.24) is 15.1 Å². The lowest BCUT2D eigenvalue weighted by molar-refractivity contribution is -0.141. The Morgan fingerprint density at radius 2 is 1.71 bits per heavy atom. The van der Waals surface area contributed by atoms with Crippen LogP contribution in [-0.2, 0) is 17.4 Å². The third-order valence-electron chi connectivity index (χ3n) is 4.68. The molecule has 9 heteroatoms. The number of carbonyl (C=O) groups excluding carboxylic acids is 1. The van der Waals surface area contributed by atoms with Crippen LogP contribution in [0.15, 0.2) is 36.4 Å². The van der Waals surface area contributed by atoms with E-state index < -0.39 is 11.9 Å². The molecule has 6 nitrogen and oxygen atoms in total. The van der Waals surface area contributed by atoms with Crippen molar-refractivity contribution in [2.45, 2.75) is 19.0 Å². The van der Waals surface area contributed by atoms with Gasteiger partial charge < -0.3 is 14.5 Å². The Bertz CT molecular complexity index is 786. The van der Waals surface area contributed by atoms with Crippen LogP contribution < -0.4 is 9.64 Å². The van der Waals surface area contributed by atoms with Gasteiger partial charge in [-0.25, -0.2) is 0 Å². The molecule has 0 bridgehead atoms. The number of anilines is 1. The molecular weight excluding hydrogens is 373 g/mol. The van der Waals surface area contributed by atoms with E-state index in [1.807, 2.05) is 29.2 Å². The number of nitrogens with zero attached hydrogens (tertiary/aromatic N) is 4. The first-order valence-corrected chi connectivity index (χ1v) is 8.93. The Morgan fingerprint density at radius 3 is 2.25 bits per heavy atom. The average molecular weight is 394 g/mol. The third-order valence-corrected chi connectivity index (χ3v) is 4.68. The molecule has 1 aliphatic heterocycles. The van der Waals surface area contributed by atoms with Gasteiger partial charge in [-0.05, 0) is 36.2 Å². The number of carbonyl (C=O) groups is 1. The summed E-state index contributed by atoms with van der Waals surface area (Å²) in [5, 5.41) is 6.92.